The van der Waals surface area contributed by atoms with Gasteiger partial charge in [0, 0.05) is 18.3 Å². The molecule has 218 valence electrons. The fourth-order valence-corrected chi connectivity index (χ4v) is 6.33. The van der Waals surface area contributed by atoms with Gasteiger partial charge in [0.25, 0.3) is 0 Å². The Hall–Kier alpha value is -3.48. The zero-order chi connectivity index (χ0) is 29.7. The van der Waals surface area contributed by atoms with Gasteiger partial charge in [0.2, 0.25) is 0 Å². The van der Waals surface area contributed by atoms with Crippen LogP contribution in [0.2, 0.25) is 0 Å². The molecule has 0 bridgehead atoms. The summed E-state index contributed by atoms with van der Waals surface area (Å²) in [7, 11) is 0. The van der Waals surface area contributed by atoms with Crippen molar-refractivity contribution < 1.29 is 10.0 Å². The summed E-state index contributed by atoms with van der Waals surface area (Å²) in [4.78, 5) is 27.5. The normalized spacial score (nSPS) is 19.5. The van der Waals surface area contributed by atoms with Crippen molar-refractivity contribution in [2.24, 2.45) is 27.8 Å². The fraction of sp³-hybridized carbons (Fsp3) is 0.529. The van der Waals surface area contributed by atoms with Gasteiger partial charge in [0.15, 0.2) is 5.78 Å². The summed E-state index contributed by atoms with van der Waals surface area (Å²) in [5, 5.41) is 12.2. The largest absolute Gasteiger partial charge is 0.411 e. The van der Waals surface area contributed by atoms with E-state index < -0.39 is 0 Å². The molecule has 0 fully saturated rings. The molecular weight excluding hydrogens is 510 g/mol. The van der Waals surface area contributed by atoms with Gasteiger partial charge in [-0.05, 0) is 104 Å². The maximum atomic E-state index is 11.5. The van der Waals surface area contributed by atoms with Crippen LogP contribution in [0, 0.1) is 22.7 Å². The van der Waals surface area contributed by atoms with Crippen LogP contribution in [-0.4, -0.2) is 36.6 Å². The van der Waals surface area contributed by atoms with Gasteiger partial charge in [-0.1, -0.05) is 46.7 Å². The van der Waals surface area contributed by atoms with Crippen molar-refractivity contribution in [1.29, 1.82) is 0 Å². The van der Waals surface area contributed by atoms with Gasteiger partial charge in [-0.3, -0.25) is 14.8 Å². The van der Waals surface area contributed by atoms with Crippen LogP contribution in [0.1, 0.15) is 107 Å². The van der Waals surface area contributed by atoms with E-state index in [1.165, 1.54) is 35.4 Å². The predicted molar refractivity (Wildman–Crippen MR) is 166 cm³/mol. The number of hydrogen-bond donors (Lipinski definition) is 3. The molecule has 41 heavy (non-hydrogen) atoms. The third-order valence-electron chi connectivity index (χ3n) is 9.30. The molecule has 0 aliphatic heterocycles. The molecule has 7 heteroatoms. The van der Waals surface area contributed by atoms with Crippen molar-refractivity contribution in [2.45, 2.75) is 93.9 Å². The van der Waals surface area contributed by atoms with E-state index in [0.29, 0.717) is 34.1 Å². The van der Waals surface area contributed by atoms with Crippen LogP contribution in [0.3, 0.4) is 0 Å². The first-order valence-electron chi connectivity index (χ1n) is 15.0. The quantitative estimate of drug-likeness (QED) is 0.101. The summed E-state index contributed by atoms with van der Waals surface area (Å²) in [5.41, 5.74) is 11.8. The van der Waals surface area contributed by atoms with E-state index in [1.54, 1.807) is 13.8 Å². The Morgan fingerprint density at radius 3 is 1.63 bits per heavy atom. The molecular formula is C34H45N5O2. The molecule has 0 saturated carbocycles. The van der Waals surface area contributed by atoms with E-state index >= 15 is 0 Å². The first kappa shape index (κ1) is 29.0. The maximum Gasteiger partial charge on any atom is 0.176 e. The van der Waals surface area contributed by atoms with Gasteiger partial charge in [-0.25, -0.2) is 0 Å². The number of ketones is 1. The number of aryl methyl sites for hydroxylation is 2. The van der Waals surface area contributed by atoms with Crippen molar-refractivity contribution in [1.82, 2.24) is 19.9 Å². The topological polar surface area (TPSA) is 107 Å². The summed E-state index contributed by atoms with van der Waals surface area (Å²) in [5.74, 6) is 1.48. The van der Waals surface area contributed by atoms with Crippen molar-refractivity contribution >= 4 is 33.6 Å². The molecule has 2 atom stereocenters. The Labute approximate surface area is 243 Å². The number of pyridine rings is 2. The number of oxime groups is 1. The Morgan fingerprint density at radius 1 is 0.780 bits per heavy atom. The Bertz CT molecular complexity index is 1630. The number of H-pyrrole nitrogens is 2. The summed E-state index contributed by atoms with van der Waals surface area (Å²) >= 11 is 0. The van der Waals surface area contributed by atoms with Crippen molar-refractivity contribution in [3.8, 4) is 0 Å². The van der Waals surface area contributed by atoms with E-state index in [-0.39, 0.29) is 5.78 Å². The lowest BCUT2D eigenvalue weighted by molar-refractivity contribution is 0.101. The van der Waals surface area contributed by atoms with Crippen molar-refractivity contribution in [2.75, 3.05) is 0 Å². The highest BCUT2D eigenvalue weighted by molar-refractivity contribution is 6.00. The summed E-state index contributed by atoms with van der Waals surface area (Å²) in [6.45, 7) is 17.3. The average Bonchev–Trinajstić information content (AvgIpc) is 3.52. The smallest absolute Gasteiger partial charge is 0.176 e. The van der Waals surface area contributed by atoms with Gasteiger partial charge < -0.3 is 15.2 Å². The number of rotatable bonds is 2. The number of nitrogens with one attached hydrogen (secondary N) is 2. The van der Waals surface area contributed by atoms with Crippen LogP contribution in [0.4, 0.5) is 0 Å². The minimum atomic E-state index is 0.0635. The van der Waals surface area contributed by atoms with E-state index in [9.17, 15) is 4.79 Å². The zero-order valence-corrected chi connectivity index (χ0v) is 25.9. The first-order valence-corrected chi connectivity index (χ1v) is 15.0. The van der Waals surface area contributed by atoms with Crippen molar-refractivity contribution in [3.63, 3.8) is 0 Å². The first-order chi connectivity index (χ1) is 19.2. The standard InChI is InChI=1S/C17H23N3O.C17H22N2O/c1-10(20-21)14-9-16-15(19-14)8-11-7-12(17(2,3)4)5-6-13(11)18-16;1-10(20)14-9-16-15(19-14)8-11-7-12(17(2,3)4)5-6-13(11)18-16/h8-9,12,19,21H,5-7H2,1-4H3;8-9,12,19H,5-7H2,1-4H3/b20-10+;. The fourth-order valence-electron chi connectivity index (χ4n) is 6.33. The van der Waals surface area contributed by atoms with Gasteiger partial charge in [0.1, 0.15) is 0 Å². The molecule has 0 radical (unpaired) electrons. The second-order valence-electron chi connectivity index (χ2n) is 14.3. The number of carbonyl (C=O) groups excluding carboxylic acids is 1. The number of hydrogen-bond acceptors (Lipinski definition) is 5. The maximum absolute atomic E-state index is 11.5. The molecule has 4 aromatic heterocycles. The summed E-state index contributed by atoms with van der Waals surface area (Å²) < 4.78 is 0. The highest BCUT2D eigenvalue weighted by Gasteiger charge is 2.30. The van der Waals surface area contributed by atoms with E-state index in [2.05, 4.69) is 68.8 Å². The van der Waals surface area contributed by atoms with Gasteiger partial charge in [-0.2, -0.15) is 0 Å². The molecule has 0 aromatic carbocycles. The molecule has 7 nitrogen and oxygen atoms in total. The molecule has 0 spiro atoms. The van der Waals surface area contributed by atoms with Crippen LogP contribution in [0.5, 0.6) is 0 Å². The van der Waals surface area contributed by atoms with Gasteiger partial charge in [-0.15, -0.1) is 0 Å². The van der Waals surface area contributed by atoms with Crippen LogP contribution in [0.15, 0.2) is 29.4 Å². The molecule has 4 aromatic rings. The minimum absolute atomic E-state index is 0.0635. The minimum Gasteiger partial charge on any atom is -0.411 e. The summed E-state index contributed by atoms with van der Waals surface area (Å²) in [6.07, 6.45) is 6.72. The highest BCUT2D eigenvalue weighted by atomic mass is 16.4. The van der Waals surface area contributed by atoms with E-state index in [4.69, 9.17) is 15.2 Å². The van der Waals surface area contributed by atoms with Gasteiger partial charge >= 0.3 is 0 Å². The number of nitrogens with zero attached hydrogens (tertiary/aromatic N) is 3. The lowest BCUT2D eigenvalue weighted by Crippen LogP contribution is -2.27. The average molecular weight is 556 g/mol. The van der Waals surface area contributed by atoms with Crippen LogP contribution in [0.25, 0.3) is 22.1 Å². The zero-order valence-electron chi connectivity index (χ0n) is 25.9. The second-order valence-corrected chi connectivity index (χ2v) is 14.3. The SMILES string of the molecule is C/C(=N\O)c1cc2nc3c(cc2[nH]1)CC(C(C)(C)C)CC3.CC(=O)c1cc2nc3c(cc2[nH]1)CC(C(C)(C)C)CC3. The number of carbonyl (C=O) groups is 1. The van der Waals surface area contributed by atoms with Crippen LogP contribution in [-0.2, 0) is 25.7 Å². The number of aromatic nitrogens is 4. The Balaban J connectivity index is 0.000000165. The molecule has 0 amide bonds. The molecule has 3 N–H and O–H groups in total. The lowest BCUT2D eigenvalue weighted by atomic mass is 9.71. The molecule has 2 aliphatic carbocycles. The lowest BCUT2D eigenvalue weighted by Gasteiger charge is -2.34. The number of Topliss-reactive ketones (excluding diaryl/α,β-unsaturated/α-hetero) is 1. The Morgan fingerprint density at radius 2 is 1.22 bits per heavy atom. The third kappa shape index (κ3) is 6.09. The van der Waals surface area contributed by atoms with E-state index in [0.717, 1.165) is 53.4 Å². The molecule has 4 heterocycles. The summed E-state index contributed by atoms with van der Waals surface area (Å²) in [6, 6.07) is 8.25. The second kappa shape index (κ2) is 10.7. The molecule has 2 unspecified atom stereocenters. The number of aromatic amines is 2. The number of fused-ring (bicyclic) bond motifs is 4. The molecule has 6 rings (SSSR count). The third-order valence-corrected chi connectivity index (χ3v) is 9.30. The predicted octanol–water partition coefficient (Wildman–Crippen LogP) is 7.83. The van der Waals surface area contributed by atoms with Crippen LogP contribution >= 0.6 is 0 Å². The Kier molecular flexibility index (Phi) is 7.60. The molecule has 0 saturated heterocycles. The molecule has 2 aliphatic rings. The van der Waals surface area contributed by atoms with E-state index in [1.807, 2.05) is 12.1 Å². The van der Waals surface area contributed by atoms with Crippen molar-refractivity contribution in [3.05, 3.63) is 58.2 Å². The monoisotopic (exact) mass is 555 g/mol. The van der Waals surface area contributed by atoms with Gasteiger partial charge in [0.05, 0.1) is 39.2 Å². The van der Waals surface area contributed by atoms with Crippen LogP contribution < -0.4 is 0 Å². The highest BCUT2D eigenvalue weighted by Crippen LogP contribution is 2.38.